The highest BCUT2D eigenvalue weighted by Crippen LogP contribution is 2.44. The molecule has 0 amide bonds. The minimum atomic E-state index is -4.87. The number of alkyl halides is 3. The molecule has 1 aliphatic rings. The Hall–Kier alpha value is -2.09. The molecule has 0 bridgehead atoms. The van der Waals surface area contributed by atoms with Crippen molar-refractivity contribution in [2.45, 2.75) is 43.2 Å². The molecule has 3 rings (SSSR count). The third-order valence-corrected chi connectivity index (χ3v) is 7.52. The minimum absolute atomic E-state index is 0.0380. The van der Waals surface area contributed by atoms with E-state index >= 15 is 0 Å². The Morgan fingerprint density at radius 2 is 1.71 bits per heavy atom. The number of likely N-dealkylation sites (N-methyl/N-ethyl adjacent to an activating group) is 1. The third kappa shape index (κ3) is 8.45. The first-order chi connectivity index (χ1) is 17.9. The van der Waals surface area contributed by atoms with Gasteiger partial charge in [-0.25, -0.2) is 13.1 Å². The maximum atomic E-state index is 13.0. The van der Waals surface area contributed by atoms with E-state index in [1.807, 2.05) is 11.8 Å². The van der Waals surface area contributed by atoms with Gasteiger partial charge in [0.1, 0.15) is 17.6 Å². The molecule has 0 saturated heterocycles. The number of ether oxygens (including phenoxy) is 4. The molecule has 212 valence electrons. The largest absolute Gasteiger partial charge is 0.573 e. The number of rotatable bonds is 14. The average molecular weight is 581 g/mol. The van der Waals surface area contributed by atoms with Crippen molar-refractivity contribution >= 4 is 21.6 Å². The predicted molar refractivity (Wildman–Crippen MR) is 136 cm³/mol. The van der Waals surface area contributed by atoms with Crippen molar-refractivity contribution < 1.29 is 40.5 Å². The summed E-state index contributed by atoms with van der Waals surface area (Å²) in [5.41, 5.74) is 0.840. The van der Waals surface area contributed by atoms with Crippen LogP contribution >= 0.6 is 11.6 Å². The highest BCUT2D eigenvalue weighted by atomic mass is 35.5. The molecule has 0 saturated carbocycles. The summed E-state index contributed by atoms with van der Waals surface area (Å²) in [6, 6.07) is 8.19. The topological polar surface area (TPSA) is 86.3 Å². The van der Waals surface area contributed by atoms with Gasteiger partial charge in [0.05, 0.1) is 30.8 Å². The van der Waals surface area contributed by atoms with Gasteiger partial charge < -0.3 is 23.8 Å². The van der Waals surface area contributed by atoms with Gasteiger partial charge in [-0.15, -0.1) is 13.2 Å². The number of sulfonamides is 1. The van der Waals surface area contributed by atoms with Gasteiger partial charge in [0.2, 0.25) is 10.0 Å². The Labute approximate surface area is 226 Å². The number of halogens is 4. The van der Waals surface area contributed by atoms with Gasteiger partial charge in [0.15, 0.2) is 0 Å². The molecule has 0 fully saturated rings. The SMILES string of the molecule is CCCOCCOCCNS(=O)(=O)c1ccc(O[C@H]2c3cc(Cl)cc(OC(F)(F)F)c3C[C@@H]2N(C)C)cc1. The van der Waals surface area contributed by atoms with Gasteiger partial charge >= 0.3 is 6.36 Å². The Morgan fingerprint density at radius 3 is 2.32 bits per heavy atom. The maximum absolute atomic E-state index is 13.0. The molecule has 0 heterocycles. The van der Waals surface area contributed by atoms with Crippen LogP contribution in [0.4, 0.5) is 13.2 Å². The summed E-state index contributed by atoms with van der Waals surface area (Å²) in [6.45, 7) is 3.78. The summed E-state index contributed by atoms with van der Waals surface area (Å²) in [5, 5.41) is 0.0842. The molecule has 38 heavy (non-hydrogen) atoms. The number of benzene rings is 2. The van der Waals surface area contributed by atoms with Gasteiger partial charge in [0.25, 0.3) is 0 Å². The molecule has 1 aliphatic carbocycles. The fourth-order valence-electron chi connectivity index (χ4n) is 4.08. The lowest BCUT2D eigenvalue weighted by Gasteiger charge is -2.27. The fourth-order valence-corrected chi connectivity index (χ4v) is 5.31. The van der Waals surface area contributed by atoms with E-state index in [0.29, 0.717) is 36.7 Å². The normalized spacial score (nSPS) is 17.6. The lowest BCUT2D eigenvalue weighted by molar-refractivity contribution is -0.274. The van der Waals surface area contributed by atoms with Gasteiger partial charge in [-0.3, -0.25) is 0 Å². The molecule has 2 aromatic carbocycles. The van der Waals surface area contributed by atoms with Gasteiger partial charge in [-0.2, -0.15) is 0 Å². The van der Waals surface area contributed by atoms with Crippen LogP contribution in [0.15, 0.2) is 41.3 Å². The molecule has 8 nitrogen and oxygen atoms in total. The van der Waals surface area contributed by atoms with Crippen LogP contribution in [0.5, 0.6) is 11.5 Å². The van der Waals surface area contributed by atoms with Crippen molar-refractivity contribution in [1.29, 1.82) is 0 Å². The highest BCUT2D eigenvalue weighted by Gasteiger charge is 2.40. The summed E-state index contributed by atoms with van der Waals surface area (Å²) in [4.78, 5) is 1.88. The Balaban J connectivity index is 1.67. The highest BCUT2D eigenvalue weighted by molar-refractivity contribution is 7.89. The van der Waals surface area contributed by atoms with Crippen LogP contribution in [-0.2, 0) is 25.9 Å². The standard InChI is InChI=1S/C25H32ClF3N2O6S/c1-4-10-34-12-13-35-11-9-30-38(32,33)19-7-5-18(6-8-19)36-24-21-14-17(26)15-23(37-25(27,28)29)20(21)16-22(24)31(2)3/h5-8,14-15,22,24,30H,4,9-13,16H2,1-3H3/t22-,24-/m0/s1. The summed E-state index contributed by atoms with van der Waals surface area (Å²) in [5.74, 6) is -0.00902. The zero-order valence-corrected chi connectivity index (χ0v) is 23.0. The first-order valence-electron chi connectivity index (χ1n) is 12.1. The van der Waals surface area contributed by atoms with E-state index < -0.39 is 22.5 Å². The second-order valence-electron chi connectivity index (χ2n) is 8.89. The molecule has 0 spiro atoms. The summed E-state index contributed by atoms with van der Waals surface area (Å²) in [7, 11) is -0.185. The molecule has 0 aromatic heterocycles. The van der Waals surface area contributed by atoms with Crippen molar-refractivity contribution in [1.82, 2.24) is 9.62 Å². The van der Waals surface area contributed by atoms with Crippen LogP contribution in [-0.4, -0.2) is 72.8 Å². The quantitative estimate of drug-likeness (QED) is 0.328. The Kier molecular flexibility index (Phi) is 10.7. The minimum Gasteiger partial charge on any atom is -0.484 e. The lowest BCUT2D eigenvalue weighted by atomic mass is 10.1. The Morgan fingerprint density at radius 1 is 1.05 bits per heavy atom. The van der Waals surface area contributed by atoms with Crippen LogP contribution in [0, 0.1) is 0 Å². The number of hydrogen-bond acceptors (Lipinski definition) is 7. The zero-order chi connectivity index (χ0) is 27.9. The first kappa shape index (κ1) is 30.5. The van der Waals surface area contributed by atoms with Crippen molar-refractivity contribution in [2.24, 2.45) is 0 Å². The monoisotopic (exact) mass is 580 g/mol. The second-order valence-corrected chi connectivity index (χ2v) is 11.1. The molecule has 13 heteroatoms. The lowest BCUT2D eigenvalue weighted by Crippen LogP contribution is -2.34. The van der Waals surface area contributed by atoms with Gasteiger partial charge in [-0.05, 0) is 63.3 Å². The van der Waals surface area contributed by atoms with Crippen molar-refractivity contribution in [3.8, 4) is 11.5 Å². The maximum Gasteiger partial charge on any atom is 0.573 e. The molecule has 0 unspecified atom stereocenters. The summed E-state index contributed by atoms with van der Waals surface area (Å²) >= 11 is 6.11. The van der Waals surface area contributed by atoms with Crippen molar-refractivity contribution in [3.05, 3.63) is 52.5 Å². The average Bonchev–Trinajstić information content (AvgIpc) is 3.19. The van der Waals surface area contributed by atoms with Crippen LogP contribution in [0.2, 0.25) is 5.02 Å². The van der Waals surface area contributed by atoms with E-state index in [0.717, 1.165) is 12.5 Å². The van der Waals surface area contributed by atoms with Gasteiger partial charge in [0, 0.05) is 29.3 Å². The third-order valence-electron chi connectivity index (χ3n) is 5.82. The fraction of sp³-hybridized carbons (Fsp3) is 0.520. The second kappa shape index (κ2) is 13.3. The van der Waals surface area contributed by atoms with E-state index in [1.54, 1.807) is 20.2 Å². The smallest absolute Gasteiger partial charge is 0.484 e. The molecule has 0 aliphatic heterocycles. The molecular weight excluding hydrogens is 549 g/mol. The van der Waals surface area contributed by atoms with Gasteiger partial charge in [-0.1, -0.05) is 18.5 Å². The van der Waals surface area contributed by atoms with E-state index in [1.165, 1.54) is 24.3 Å². The predicted octanol–water partition coefficient (Wildman–Crippen LogP) is 4.57. The van der Waals surface area contributed by atoms with Crippen LogP contribution in [0.1, 0.15) is 30.6 Å². The summed E-state index contributed by atoms with van der Waals surface area (Å²) in [6.07, 6.45) is -4.36. The van der Waals surface area contributed by atoms with E-state index in [2.05, 4.69) is 9.46 Å². The number of fused-ring (bicyclic) bond motifs is 1. The van der Waals surface area contributed by atoms with Crippen molar-refractivity contribution in [2.75, 3.05) is 47.1 Å². The van der Waals surface area contributed by atoms with Crippen LogP contribution in [0.25, 0.3) is 0 Å². The molecule has 1 N–H and O–H groups in total. The number of hydrogen-bond donors (Lipinski definition) is 1. The van der Waals surface area contributed by atoms with Crippen LogP contribution < -0.4 is 14.2 Å². The first-order valence-corrected chi connectivity index (χ1v) is 13.9. The molecule has 2 atom stereocenters. The Bertz CT molecular complexity index is 1160. The van der Waals surface area contributed by atoms with Crippen LogP contribution in [0.3, 0.4) is 0 Å². The molecule has 2 aromatic rings. The molecule has 0 radical (unpaired) electrons. The van der Waals surface area contributed by atoms with E-state index in [9.17, 15) is 21.6 Å². The number of nitrogens with zero attached hydrogens (tertiary/aromatic N) is 1. The molecular formula is C25H32ClF3N2O6S. The summed E-state index contributed by atoms with van der Waals surface area (Å²) < 4.78 is 87.6. The van der Waals surface area contributed by atoms with E-state index in [4.69, 9.17) is 25.8 Å². The zero-order valence-electron chi connectivity index (χ0n) is 21.4. The number of nitrogens with one attached hydrogen (secondary N) is 1. The van der Waals surface area contributed by atoms with E-state index in [-0.39, 0.29) is 41.3 Å². The van der Waals surface area contributed by atoms with Crippen molar-refractivity contribution in [3.63, 3.8) is 0 Å².